The Balaban J connectivity index is -0.00000133. The number of hydrogen-bond donors (Lipinski definition) is 4. The Bertz CT molecular complexity index is 809. The fraction of sp³-hybridized carbons (Fsp3) is 1.00. The van der Waals surface area contributed by atoms with E-state index >= 15 is 0 Å². The Hall–Kier alpha value is 1.80. The molecule has 0 bridgehead atoms. The Kier molecular flexibility index (Phi) is 49.9. The van der Waals surface area contributed by atoms with Crippen LogP contribution in [-0.4, -0.2) is 114 Å². The van der Waals surface area contributed by atoms with Crippen LogP contribution in [0.2, 0.25) is 0 Å². The molecule has 20 heteroatoms. The fourth-order valence-electron chi connectivity index (χ4n) is 6.55. The van der Waals surface area contributed by atoms with E-state index < -0.39 is 15.2 Å². The summed E-state index contributed by atoms with van der Waals surface area (Å²) in [7, 11) is -6.44. The van der Waals surface area contributed by atoms with Crippen molar-refractivity contribution in [2.24, 2.45) is 34.8 Å². The highest BCUT2D eigenvalue weighted by atomic mass is 35.5. The molecule has 0 radical (unpaired) electrons. The van der Waals surface area contributed by atoms with Crippen molar-refractivity contribution < 1.29 is 27.2 Å². The molecule has 0 spiro atoms. The van der Waals surface area contributed by atoms with Crippen LogP contribution in [0.5, 0.6) is 0 Å². The molecule has 0 saturated heterocycles. The number of rotatable bonds is 33. The molecule has 0 heterocycles. The predicted octanol–water partition coefficient (Wildman–Crippen LogP) is 7.91. The van der Waals surface area contributed by atoms with E-state index in [1.807, 2.05) is 0 Å². The first-order valence-electron chi connectivity index (χ1n) is 19.4. The number of unbranched alkanes of at least 4 members (excludes halogenated alkanes) is 3. The molecule has 2 aliphatic carbocycles. The first-order chi connectivity index (χ1) is 23.3. The third-order valence-corrected chi connectivity index (χ3v) is 13.4. The van der Waals surface area contributed by atoms with E-state index in [0.717, 1.165) is 103 Å². The average Bonchev–Trinajstić information content (AvgIpc) is 3.82. The molecule has 334 valence electrons. The van der Waals surface area contributed by atoms with Gasteiger partial charge in [0.05, 0.1) is 38.8 Å². The van der Waals surface area contributed by atoms with Crippen molar-refractivity contribution in [2.45, 2.75) is 103 Å². The fourth-order valence-corrected chi connectivity index (χ4v) is 9.96. The molecule has 12 nitrogen and oxygen atoms in total. The van der Waals surface area contributed by atoms with Gasteiger partial charge in [-0.2, -0.15) is 0 Å². The minimum atomic E-state index is -3.22. The van der Waals surface area contributed by atoms with Gasteiger partial charge in [0.2, 0.25) is 0 Å². The van der Waals surface area contributed by atoms with Crippen molar-refractivity contribution in [1.29, 1.82) is 0 Å². The lowest BCUT2D eigenvalue weighted by molar-refractivity contribution is 0.168. The zero-order valence-electron chi connectivity index (χ0n) is 32.8. The third-order valence-electron chi connectivity index (χ3n) is 9.67. The van der Waals surface area contributed by atoms with Gasteiger partial charge in [-0.05, 0) is 128 Å². The van der Waals surface area contributed by atoms with Gasteiger partial charge in [-0.15, -0.1) is 74.4 Å². The largest absolute Gasteiger partial charge is 0.331 e. The summed E-state index contributed by atoms with van der Waals surface area (Å²) in [6.45, 7) is 9.10. The predicted molar refractivity (Wildman–Crippen MR) is 242 cm³/mol. The van der Waals surface area contributed by atoms with Gasteiger partial charge in [-0.1, -0.05) is 38.5 Å². The number of hydrogen-bond acceptors (Lipinski definition) is 12. The van der Waals surface area contributed by atoms with Gasteiger partial charge in [0.25, 0.3) is 0 Å². The first kappa shape index (κ1) is 64.9. The number of nitrogens with two attached hydrogens (primary N) is 4. The highest BCUT2D eigenvalue weighted by Gasteiger charge is 2.29. The molecule has 2 atom stereocenters. The summed E-state index contributed by atoms with van der Waals surface area (Å²) in [5.41, 5.74) is 23.0. The molecule has 54 heavy (non-hydrogen) atoms. The van der Waals surface area contributed by atoms with E-state index in [2.05, 4.69) is 9.80 Å². The third kappa shape index (κ3) is 31.7. The topological polar surface area (TPSA) is 182 Å². The van der Waals surface area contributed by atoms with Crippen LogP contribution in [0.15, 0.2) is 0 Å². The molecule has 2 unspecified atom stereocenters. The maximum absolute atomic E-state index is 13.8. The molecule has 2 fully saturated rings. The zero-order chi connectivity index (χ0) is 34.8. The minimum absolute atomic E-state index is 0. The van der Waals surface area contributed by atoms with E-state index in [1.54, 1.807) is 0 Å². The summed E-state index contributed by atoms with van der Waals surface area (Å²) >= 11 is 0. The highest BCUT2D eigenvalue weighted by molar-refractivity contribution is 7.54. The molecule has 8 N–H and O–H groups in total. The van der Waals surface area contributed by atoms with Crippen molar-refractivity contribution in [3.05, 3.63) is 0 Å². The first-order valence-corrected chi connectivity index (χ1v) is 22.8. The Labute approximate surface area is 366 Å². The van der Waals surface area contributed by atoms with Gasteiger partial charge in [-0.3, -0.25) is 9.13 Å². The van der Waals surface area contributed by atoms with Crippen LogP contribution in [0, 0.1) is 11.8 Å². The van der Waals surface area contributed by atoms with Crippen molar-refractivity contribution in [3.8, 4) is 0 Å². The SMILES string of the molecule is Cl.Cl.Cl.Cl.Cl.Cl.NCCCN(CCCN)CCP(=O)(OCCCCCCOP(=O)(CCN(CCCN)CCCN)OCC1CCCC1)OCC1CCCC1. The second-order valence-corrected chi connectivity index (χ2v) is 18.3. The van der Waals surface area contributed by atoms with Crippen LogP contribution >= 0.6 is 89.6 Å². The second kappa shape index (κ2) is 41.5. The smallest absolute Gasteiger partial charge is 0.330 e. The lowest BCUT2D eigenvalue weighted by Crippen LogP contribution is -2.31. The van der Waals surface area contributed by atoms with Crippen molar-refractivity contribution in [2.75, 3.05) is 104 Å². The molecule has 2 aliphatic rings. The monoisotopic (exact) mass is 940 g/mol. The summed E-state index contributed by atoms with van der Waals surface area (Å²) < 4.78 is 51.9. The average molecular weight is 944 g/mol. The standard InChI is InChI=1S/C34H74N6O6P2.6ClH/c35-17-9-21-39(22-10-18-36)25-29-47(41,45-31-33-13-3-4-14-33)43-27-7-1-2-8-28-44-48(42,46-32-34-15-5-6-16-34)30-26-40(23-11-19-37)24-12-20-38;;;;;;/h33-34H,1-32,35-38H2;6*1H. The molecule has 2 rings (SSSR count). The van der Waals surface area contributed by atoms with Crippen LogP contribution in [0.25, 0.3) is 0 Å². The van der Waals surface area contributed by atoms with Crippen LogP contribution in [0.1, 0.15) is 103 Å². The number of nitrogens with zero attached hydrogens (tertiary/aromatic N) is 2. The second-order valence-electron chi connectivity index (χ2n) is 13.9. The molecular weight excluding hydrogens is 863 g/mol. The molecule has 0 aromatic rings. The van der Waals surface area contributed by atoms with E-state index in [4.69, 9.17) is 41.0 Å². The minimum Gasteiger partial charge on any atom is -0.330 e. The van der Waals surface area contributed by atoms with Gasteiger partial charge in [0.15, 0.2) is 0 Å². The molecule has 0 amide bonds. The molecular formula is C34H80Cl6N6O6P2. The molecule has 0 aliphatic heterocycles. The maximum atomic E-state index is 13.8. The molecule has 0 aromatic heterocycles. The Morgan fingerprint density at radius 3 is 1.00 bits per heavy atom. The summed E-state index contributed by atoms with van der Waals surface area (Å²) in [5.74, 6) is 0.955. The number of halogens is 6. The quantitative estimate of drug-likeness (QED) is 0.0369. The summed E-state index contributed by atoms with van der Waals surface area (Å²) in [6, 6.07) is 0. The van der Waals surface area contributed by atoms with Crippen LogP contribution in [0.3, 0.4) is 0 Å². The van der Waals surface area contributed by atoms with Crippen LogP contribution < -0.4 is 22.9 Å². The maximum Gasteiger partial charge on any atom is 0.331 e. The van der Waals surface area contributed by atoms with E-state index in [-0.39, 0.29) is 74.4 Å². The van der Waals surface area contributed by atoms with Crippen molar-refractivity contribution >= 4 is 89.6 Å². The normalized spacial score (nSPS) is 16.6. The van der Waals surface area contributed by atoms with Gasteiger partial charge < -0.3 is 50.8 Å². The van der Waals surface area contributed by atoms with Crippen molar-refractivity contribution in [1.82, 2.24) is 9.80 Å². The zero-order valence-corrected chi connectivity index (χ0v) is 39.5. The molecule has 2 saturated carbocycles. The van der Waals surface area contributed by atoms with Gasteiger partial charge >= 0.3 is 15.2 Å². The van der Waals surface area contributed by atoms with Crippen molar-refractivity contribution in [3.63, 3.8) is 0 Å². The van der Waals surface area contributed by atoms with Gasteiger partial charge in [0.1, 0.15) is 0 Å². The summed E-state index contributed by atoms with van der Waals surface area (Å²) in [6.07, 6.45) is 17.2. The Morgan fingerprint density at radius 2 is 0.722 bits per heavy atom. The van der Waals surface area contributed by atoms with E-state index in [9.17, 15) is 9.13 Å². The lowest BCUT2D eigenvalue weighted by atomic mass is 10.1. The lowest BCUT2D eigenvalue weighted by Gasteiger charge is -2.26. The summed E-state index contributed by atoms with van der Waals surface area (Å²) in [4.78, 5) is 4.56. The van der Waals surface area contributed by atoms with Crippen LogP contribution in [0.4, 0.5) is 0 Å². The molecule has 0 aromatic carbocycles. The highest BCUT2D eigenvalue weighted by Crippen LogP contribution is 2.50. The van der Waals surface area contributed by atoms with Gasteiger partial charge in [0, 0.05) is 13.1 Å². The van der Waals surface area contributed by atoms with Crippen LogP contribution in [-0.2, 0) is 27.2 Å². The van der Waals surface area contributed by atoms with E-state index in [0.29, 0.717) is 89.9 Å². The van der Waals surface area contributed by atoms with E-state index in [1.165, 1.54) is 25.7 Å². The summed E-state index contributed by atoms with van der Waals surface area (Å²) in [5, 5.41) is 0. The Morgan fingerprint density at radius 1 is 0.426 bits per heavy atom. The van der Waals surface area contributed by atoms with Gasteiger partial charge in [-0.25, -0.2) is 0 Å².